The molecule has 2 aromatic rings. The van der Waals surface area contributed by atoms with Gasteiger partial charge in [-0.05, 0) is 19.1 Å². The van der Waals surface area contributed by atoms with Gasteiger partial charge >= 0.3 is 0 Å². The maximum Gasteiger partial charge on any atom is 0.261 e. The van der Waals surface area contributed by atoms with Crippen LogP contribution < -0.4 is 5.73 Å². The monoisotopic (exact) mass is 373 g/mol. The number of carbonyl (C=O) groups is 3. The number of primary amides is 1. The number of hydrogen-bond acceptors (Lipinski definition) is 6. The van der Waals surface area contributed by atoms with Crippen LogP contribution in [0.3, 0.4) is 0 Å². The van der Waals surface area contributed by atoms with Gasteiger partial charge in [-0.3, -0.25) is 19.3 Å². The molecule has 0 spiro atoms. The molecule has 1 aliphatic heterocycles. The van der Waals surface area contributed by atoms with Crippen LogP contribution in [-0.2, 0) is 17.8 Å². The third-order valence-electron chi connectivity index (χ3n) is 4.13. The van der Waals surface area contributed by atoms with Crippen molar-refractivity contribution in [3.05, 3.63) is 41.2 Å². The lowest BCUT2D eigenvalue weighted by Crippen LogP contribution is -2.31. The zero-order chi connectivity index (χ0) is 18.7. The van der Waals surface area contributed by atoms with Crippen molar-refractivity contribution in [2.75, 3.05) is 12.3 Å². The van der Waals surface area contributed by atoms with E-state index >= 15 is 0 Å². The standard InChI is InChI=1S/C17H19N5O3S/c1-2-21-14(8-7-13(18)23)19-20-17(21)26-10-9-22-15(24)11-5-3-4-6-12(11)16(22)25/h3-6H,2,7-10H2,1H3,(H2,18,23). The third kappa shape index (κ3) is 3.48. The molecule has 3 amide bonds. The van der Waals surface area contributed by atoms with Crippen LogP contribution in [0.1, 0.15) is 39.9 Å². The van der Waals surface area contributed by atoms with Crippen LogP contribution >= 0.6 is 11.8 Å². The Bertz CT molecular complexity index is 829. The van der Waals surface area contributed by atoms with Gasteiger partial charge in [0.1, 0.15) is 5.82 Å². The first-order valence-electron chi connectivity index (χ1n) is 8.31. The smallest absolute Gasteiger partial charge is 0.261 e. The third-order valence-corrected chi connectivity index (χ3v) is 5.08. The van der Waals surface area contributed by atoms with E-state index in [1.807, 2.05) is 11.5 Å². The second-order valence-electron chi connectivity index (χ2n) is 5.77. The van der Waals surface area contributed by atoms with Gasteiger partial charge in [-0.2, -0.15) is 0 Å². The fourth-order valence-corrected chi connectivity index (χ4v) is 3.78. The van der Waals surface area contributed by atoms with E-state index in [1.54, 1.807) is 24.3 Å². The van der Waals surface area contributed by atoms with Crippen LogP contribution in [0.4, 0.5) is 0 Å². The topological polar surface area (TPSA) is 111 Å². The molecule has 0 unspecified atom stereocenters. The second-order valence-corrected chi connectivity index (χ2v) is 6.83. The Morgan fingerprint density at radius 3 is 2.38 bits per heavy atom. The van der Waals surface area contributed by atoms with E-state index in [1.165, 1.54) is 16.7 Å². The largest absolute Gasteiger partial charge is 0.370 e. The highest BCUT2D eigenvalue weighted by molar-refractivity contribution is 7.99. The maximum absolute atomic E-state index is 12.3. The van der Waals surface area contributed by atoms with E-state index in [2.05, 4.69) is 10.2 Å². The van der Waals surface area contributed by atoms with Crippen LogP contribution in [-0.4, -0.2) is 49.7 Å². The van der Waals surface area contributed by atoms with E-state index in [0.29, 0.717) is 47.4 Å². The van der Waals surface area contributed by atoms with Crippen molar-refractivity contribution in [2.45, 2.75) is 31.5 Å². The Balaban J connectivity index is 1.61. The highest BCUT2D eigenvalue weighted by atomic mass is 32.2. The summed E-state index contributed by atoms with van der Waals surface area (Å²) >= 11 is 1.42. The first-order chi connectivity index (χ1) is 12.5. The number of benzene rings is 1. The number of amides is 3. The Morgan fingerprint density at radius 2 is 1.81 bits per heavy atom. The predicted octanol–water partition coefficient (Wildman–Crippen LogP) is 1.10. The average Bonchev–Trinajstić information content (AvgIpc) is 3.14. The van der Waals surface area contributed by atoms with E-state index in [9.17, 15) is 14.4 Å². The molecule has 0 radical (unpaired) electrons. The molecular formula is C17H19N5O3S. The summed E-state index contributed by atoms with van der Waals surface area (Å²) in [5.41, 5.74) is 6.08. The summed E-state index contributed by atoms with van der Waals surface area (Å²) < 4.78 is 1.91. The number of thioether (sulfide) groups is 1. The van der Waals surface area contributed by atoms with Gasteiger partial charge in [-0.15, -0.1) is 10.2 Å². The summed E-state index contributed by atoms with van der Waals surface area (Å²) in [6.45, 7) is 2.92. The molecule has 0 atom stereocenters. The molecule has 0 bridgehead atoms. The molecular weight excluding hydrogens is 354 g/mol. The van der Waals surface area contributed by atoms with Crippen molar-refractivity contribution in [3.8, 4) is 0 Å². The molecule has 136 valence electrons. The second kappa shape index (κ2) is 7.69. The molecule has 1 aromatic carbocycles. The van der Waals surface area contributed by atoms with Crippen LogP contribution in [0.2, 0.25) is 0 Å². The summed E-state index contributed by atoms with van der Waals surface area (Å²) in [4.78, 5) is 36.9. The number of fused-ring (bicyclic) bond motifs is 1. The van der Waals surface area contributed by atoms with Gasteiger partial charge in [0, 0.05) is 31.7 Å². The molecule has 8 nitrogen and oxygen atoms in total. The van der Waals surface area contributed by atoms with Gasteiger partial charge in [0.25, 0.3) is 11.8 Å². The van der Waals surface area contributed by atoms with Crippen LogP contribution in [0.25, 0.3) is 0 Å². The molecule has 2 N–H and O–H groups in total. The van der Waals surface area contributed by atoms with E-state index in [4.69, 9.17) is 5.73 Å². The summed E-state index contributed by atoms with van der Waals surface area (Å²) in [6.07, 6.45) is 0.660. The van der Waals surface area contributed by atoms with Gasteiger partial charge in [0.15, 0.2) is 5.16 Å². The number of hydrogen-bond donors (Lipinski definition) is 1. The first kappa shape index (κ1) is 18.1. The van der Waals surface area contributed by atoms with Gasteiger partial charge in [0.05, 0.1) is 11.1 Å². The number of aromatic nitrogens is 3. The summed E-state index contributed by atoms with van der Waals surface area (Å²) in [7, 11) is 0. The highest BCUT2D eigenvalue weighted by Crippen LogP contribution is 2.24. The normalized spacial score (nSPS) is 13.3. The predicted molar refractivity (Wildman–Crippen MR) is 95.7 cm³/mol. The van der Waals surface area contributed by atoms with Gasteiger partial charge < -0.3 is 10.3 Å². The Hall–Kier alpha value is -2.68. The van der Waals surface area contributed by atoms with Gasteiger partial charge in [0.2, 0.25) is 5.91 Å². The zero-order valence-electron chi connectivity index (χ0n) is 14.3. The SMILES string of the molecule is CCn1c(CCC(N)=O)nnc1SCCN1C(=O)c2ccccc2C1=O. The van der Waals surface area contributed by atoms with E-state index in [-0.39, 0.29) is 24.1 Å². The minimum Gasteiger partial charge on any atom is -0.370 e. The van der Waals surface area contributed by atoms with E-state index < -0.39 is 0 Å². The van der Waals surface area contributed by atoms with Gasteiger partial charge in [-0.25, -0.2) is 0 Å². The van der Waals surface area contributed by atoms with Crippen molar-refractivity contribution in [1.82, 2.24) is 19.7 Å². The number of imide groups is 1. The lowest BCUT2D eigenvalue weighted by Gasteiger charge is -2.13. The van der Waals surface area contributed by atoms with Gasteiger partial charge in [-0.1, -0.05) is 23.9 Å². The first-order valence-corrected chi connectivity index (χ1v) is 9.30. The van der Waals surface area contributed by atoms with Crippen LogP contribution in [0.5, 0.6) is 0 Å². The minimum absolute atomic E-state index is 0.220. The summed E-state index contributed by atoms with van der Waals surface area (Å²) in [5.74, 6) is 0.319. The van der Waals surface area contributed by atoms with Crippen molar-refractivity contribution >= 4 is 29.5 Å². The molecule has 0 saturated heterocycles. The number of nitrogens with zero attached hydrogens (tertiary/aromatic N) is 4. The number of aryl methyl sites for hydroxylation is 1. The van der Waals surface area contributed by atoms with Crippen LogP contribution in [0.15, 0.2) is 29.4 Å². The van der Waals surface area contributed by atoms with Crippen molar-refractivity contribution in [3.63, 3.8) is 0 Å². The maximum atomic E-state index is 12.3. The molecule has 9 heteroatoms. The number of carbonyl (C=O) groups excluding carboxylic acids is 3. The molecule has 2 heterocycles. The molecule has 1 aliphatic rings. The van der Waals surface area contributed by atoms with Crippen LogP contribution in [0, 0.1) is 0 Å². The van der Waals surface area contributed by atoms with Crippen molar-refractivity contribution in [1.29, 1.82) is 0 Å². The molecule has 0 saturated carbocycles. The van der Waals surface area contributed by atoms with Crippen molar-refractivity contribution < 1.29 is 14.4 Å². The molecule has 0 fully saturated rings. The molecule has 3 rings (SSSR count). The molecule has 0 aliphatic carbocycles. The lowest BCUT2D eigenvalue weighted by molar-refractivity contribution is -0.118. The molecule has 1 aromatic heterocycles. The Kier molecular flexibility index (Phi) is 5.36. The summed E-state index contributed by atoms with van der Waals surface area (Å²) in [5, 5.41) is 8.95. The number of nitrogens with two attached hydrogens (primary N) is 1. The minimum atomic E-state index is -0.379. The van der Waals surface area contributed by atoms with E-state index in [0.717, 1.165) is 0 Å². The van der Waals surface area contributed by atoms with Crippen molar-refractivity contribution in [2.24, 2.45) is 5.73 Å². The molecule has 26 heavy (non-hydrogen) atoms. The quantitative estimate of drug-likeness (QED) is 0.548. The fourth-order valence-electron chi connectivity index (χ4n) is 2.83. The summed E-state index contributed by atoms with van der Waals surface area (Å²) in [6, 6.07) is 6.84. The Labute approximate surface area is 154 Å². The Morgan fingerprint density at radius 1 is 1.15 bits per heavy atom. The number of rotatable bonds is 8. The fraction of sp³-hybridized carbons (Fsp3) is 0.353. The zero-order valence-corrected chi connectivity index (χ0v) is 15.2. The average molecular weight is 373 g/mol. The lowest BCUT2D eigenvalue weighted by atomic mass is 10.1. The highest BCUT2D eigenvalue weighted by Gasteiger charge is 2.34.